The maximum Gasteiger partial charge on any atom is 0.345 e. The fraction of sp³-hybridized carbons (Fsp3) is 0.500. The molecule has 0 aliphatic rings. The molecule has 0 amide bonds. The van der Waals surface area contributed by atoms with E-state index in [0.29, 0.717) is 0 Å². The van der Waals surface area contributed by atoms with E-state index in [-0.39, 0.29) is 15.1 Å². The number of thioether (sulfide) groups is 1. The molecule has 102 valence electrons. The van der Waals surface area contributed by atoms with Crippen LogP contribution in [0.5, 0.6) is 0 Å². The second-order valence-corrected chi connectivity index (χ2v) is 7.74. The summed E-state index contributed by atoms with van der Waals surface area (Å²) in [5.74, 6) is -0.244. The van der Waals surface area contributed by atoms with Gasteiger partial charge in [-0.1, -0.05) is 0 Å². The van der Waals surface area contributed by atoms with Gasteiger partial charge in [0.05, 0.1) is 0 Å². The van der Waals surface area contributed by atoms with Crippen LogP contribution in [0.2, 0.25) is 0 Å². The first kappa shape index (κ1) is 15.5. The maximum atomic E-state index is 11.9. The zero-order valence-corrected chi connectivity index (χ0v) is 12.5. The number of sulfonamides is 1. The second kappa shape index (κ2) is 6.55. The summed E-state index contributed by atoms with van der Waals surface area (Å²) in [5, 5.41) is 8.75. The molecule has 0 saturated carbocycles. The van der Waals surface area contributed by atoms with Crippen LogP contribution in [0.25, 0.3) is 0 Å². The molecular weight excluding hydrogens is 294 g/mol. The molecule has 0 fully saturated rings. The molecule has 18 heavy (non-hydrogen) atoms. The first-order chi connectivity index (χ1) is 8.36. The maximum absolute atomic E-state index is 11.9. The van der Waals surface area contributed by atoms with E-state index in [4.69, 9.17) is 5.11 Å². The molecule has 0 aliphatic heterocycles. The molecule has 1 rings (SSSR count). The Hall–Kier alpha value is -0.570. The standard InChI is InChI=1S/C10H15NO4S3/c1-7(5-6-16-2)11-18(14,15)9-4-3-8(17-9)10(12)13/h3-4,7,11H,5-6H2,1-2H3,(H,12,13). The van der Waals surface area contributed by atoms with Crippen molar-refractivity contribution in [3.8, 4) is 0 Å². The van der Waals surface area contributed by atoms with Crippen molar-refractivity contribution in [2.75, 3.05) is 12.0 Å². The largest absolute Gasteiger partial charge is 0.477 e. The van der Waals surface area contributed by atoms with Gasteiger partial charge in [-0.2, -0.15) is 11.8 Å². The zero-order chi connectivity index (χ0) is 13.8. The van der Waals surface area contributed by atoms with Crippen LogP contribution in [0.15, 0.2) is 16.3 Å². The highest BCUT2D eigenvalue weighted by atomic mass is 32.2. The van der Waals surface area contributed by atoms with Gasteiger partial charge in [-0.25, -0.2) is 17.9 Å². The van der Waals surface area contributed by atoms with Crippen LogP contribution in [-0.4, -0.2) is 37.5 Å². The molecule has 0 aromatic carbocycles. The fourth-order valence-corrected chi connectivity index (χ4v) is 4.28. The first-order valence-electron chi connectivity index (χ1n) is 5.21. The molecule has 1 atom stereocenters. The third-order valence-electron chi connectivity index (χ3n) is 2.17. The normalized spacial score (nSPS) is 13.4. The van der Waals surface area contributed by atoms with Crippen molar-refractivity contribution in [1.82, 2.24) is 4.72 Å². The fourth-order valence-electron chi connectivity index (χ4n) is 1.26. The Morgan fingerprint density at radius 1 is 1.56 bits per heavy atom. The molecule has 1 aromatic heterocycles. The number of hydrogen-bond donors (Lipinski definition) is 2. The SMILES string of the molecule is CSCCC(C)NS(=O)(=O)c1ccc(C(=O)O)s1. The van der Waals surface area contributed by atoms with Gasteiger partial charge in [-0.3, -0.25) is 0 Å². The number of nitrogens with one attached hydrogen (secondary N) is 1. The summed E-state index contributed by atoms with van der Waals surface area (Å²) >= 11 is 2.41. The lowest BCUT2D eigenvalue weighted by Crippen LogP contribution is -2.32. The lowest BCUT2D eigenvalue weighted by Gasteiger charge is -2.12. The van der Waals surface area contributed by atoms with E-state index in [1.54, 1.807) is 18.7 Å². The summed E-state index contributed by atoms with van der Waals surface area (Å²) < 4.78 is 26.5. The minimum atomic E-state index is -3.61. The van der Waals surface area contributed by atoms with Gasteiger partial charge in [0.1, 0.15) is 9.09 Å². The molecule has 2 N–H and O–H groups in total. The van der Waals surface area contributed by atoms with Crippen LogP contribution < -0.4 is 4.72 Å². The Labute approximate surface area is 115 Å². The smallest absolute Gasteiger partial charge is 0.345 e. The number of hydrogen-bond acceptors (Lipinski definition) is 5. The third-order valence-corrected chi connectivity index (χ3v) is 5.97. The van der Waals surface area contributed by atoms with Gasteiger partial charge in [-0.05, 0) is 37.5 Å². The Morgan fingerprint density at radius 2 is 2.22 bits per heavy atom. The van der Waals surface area contributed by atoms with Crippen LogP contribution >= 0.6 is 23.1 Å². The predicted molar refractivity (Wildman–Crippen MR) is 74.1 cm³/mol. The van der Waals surface area contributed by atoms with Gasteiger partial charge >= 0.3 is 5.97 Å². The van der Waals surface area contributed by atoms with Gasteiger partial charge in [0.2, 0.25) is 10.0 Å². The summed E-state index contributed by atoms with van der Waals surface area (Å²) in [6.45, 7) is 1.79. The number of rotatable bonds is 7. The Morgan fingerprint density at radius 3 is 2.72 bits per heavy atom. The second-order valence-electron chi connectivity index (χ2n) is 3.73. The van der Waals surface area contributed by atoms with E-state index in [0.717, 1.165) is 23.5 Å². The van der Waals surface area contributed by atoms with Crippen LogP contribution in [-0.2, 0) is 10.0 Å². The number of carbonyl (C=O) groups is 1. The lowest BCUT2D eigenvalue weighted by atomic mass is 10.3. The molecule has 1 unspecified atom stereocenters. The highest BCUT2D eigenvalue weighted by Crippen LogP contribution is 2.21. The quantitative estimate of drug-likeness (QED) is 0.803. The highest BCUT2D eigenvalue weighted by molar-refractivity contribution is 7.98. The number of thiophene rings is 1. The number of carboxylic acid groups (broad SMARTS) is 1. The lowest BCUT2D eigenvalue weighted by molar-refractivity contribution is 0.0702. The van der Waals surface area contributed by atoms with Crippen molar-refractivity contribution >= 4 is 39.1 Å². The van der Waals surface area contributed by atoms with Crippen LogP contribution in [0.4, 0.5) is 0 Å². The van der Waals surface area contributed by atoms with Gasteiger partial charge < -0.3 is 5.11 Å². The van der Waals surface area contributed by atoms with Crippen molar-refractivity contribution in [2.24, 2.45) is 0 Å². The van der Waals surface area contributed by atoms with E-state index in [9.17, 15) is 13.2 Å². The van der Waals surface area contributed by atoms with Gasteiger partial charge in [0.25, 0.3) is 0 Å². The van der Waals surface area contributed by atoms with Crippen molar-refractivity contribution < 1.29 is 18.3 Å². The molecule has 0 bridgehead atoms. The molecular formula is C10H15NO4S3. The molecule has 0 saturated heterocycles. The van der Waals surface area contributed by atoms with E-state index in [1.165, 1.54) is 12.1 Å². The average Bonchev–Trinajstić information content (AvgIpc) is 2.75. The van der Waals surface area contributed by atoms with Gasteiger partial charge in [0, 0.05) is 6.04 Å². The zero-order valence-electron chi connectivity index (χ0n) is 10.0. The van der Waals surface area contributed by atoms with E-state index >= 15 is 0 Å². The van der Waals surface area contributed by atoms with E-state index in [2.05, 4.69) is 4.72 Å². The van der Waals surface area contributed by atoms with E-state index < -0.39 is 16.0 Å². The topological polar surface area (TPSA) is 83.5 Å². The van der Waals surface area contributed by atoms with Crippen molar-refractivity contribution in [3.63, 3.8) is 0 Å². The van der Waals surface area contributed by atoms with Gasteiger partial charge in [0.15, 0.2) is 0 Å². The van der Waals surface area contributed by atoms with Crippen molar-refractivity contribution in [1.29, 1.82) is 0 Å². The first-order valence-corrected chi connectivity index (χ1v) is 8.90. The number of carboxylic acids is 1. The van der Waals surface area contributed by atoms with Crippen LogP contribution in [0.1, 0.15) is 23.0 Å². The Balaban J connectivity index is 2.76. The van der Waals surface area contributed by atoms with Gasteiger partial charge in [-0.15, -0.1) is 11.3 Å². The minimum absolute atomic E-state index is 0.0205. The monoisotopic (exact) mass is 309 g/mol. The summed E-state index contributed by atoms with van der Waals surface area (Å²) in [4.78, 5) is 10.7. The van der Waals surface area contributed by atoms with Crippen LogP contribution in [0.3, 0.4) is 0 Å². The minimum Gasteiger partial charge on any atom is -0.477 e. The average molecular weight is 309 g/mol. The van der Waals surface area contributed by atoms with E-state index in [1.807, 2.05) is 6.26 Å². The van der Waals surface area contributed by atoms with Crippen molar-refractivity contribution in [2.45, 2.75) is 23.6 Å². The number of aromatic carboxylic acids is 1. The predicted octanol–water partition coefficient (Wildman–Crippen LogP) is 1.87. The van der Waals surface area contributed by atoms with Crippen LogP contribution in [0, 0.1) is 0 Å². The third kappa shape index (κ3) is 4.27. The molecule has 0 radical (unpaired) electrons. The molecule has 1 heterocycles. The summed E-state index contributed by atoms with van der Waals surface area (Å²) in [5.41, 5.74) is 0. The summed E-state index contributed by atoms with van der Waals surface area (Å²) in [7, 11) is -3.61. The summed E-state index contributed by atoms with van der Waals surface area (Å²) in [6.07, 6.45) is 2.69. The molecule has 0 aliphatic carbocycles. The molecule has 5 nitrogen and oxygen atoms in total. The molecule has 8 heteroatoms. The Kier molecular flexibility index (Phi) is 5.64. The highest BCUT2D eigenvalue weighted by Gasteiger charge is 2.20. The summed E-state index contributed by atoms with van der Waals surface area (Å²) in [6, 6.07) is 2.45. The molecule has 1 aromatic rings. The molecule has 0 spiro atoms. The van der Waals surface area contributed by atoms with Crippen molar-refractivity contribution in [3.05, 3.63) is 17.0 Å². The Bertz CT molecular complexity index is 509.